The third-order valence-electron chi connectivity index (χ3n) is 4.20. The van der Waals surface area contributed by atoms with Gasteiger partial charge in [-0.15, -0.1) is 0 Å². The summed E-state index contributed by atoms with van der Waals surface area (Å²) in [5.74, 6) is 1.62. The van der Waals surface area contributed by atoms with E-state index in [-0.39, 0.29) is 6.03 Å². The summed E-state index contributed by atoms with van der Waals surface area (Å²) >= 11 is 0. The van der Waals surface area contributed by atoms with Crippen LogP contribution in [-0.2, 0) is 6.42 Å². The van der Waals surface area contributed by atoms with Crippen LogP contribution in [0.15, 0.2) is 18.2 Å². The Morgan fingerprint density at radius 1 is 1.09 bits per heavy atom. The van der Waals surface area contributed by atoms with E-state index in [2.05, 4.69) is 10.6 Å². The van der Waals surface area contributed by atoms with Crippen molar-refractivity contribution >= 4 is 6.03 Å². The largest absolute Gasteiger partial charge is 0.490 e. The summed E-state index contributed by atoms with van der Waals surface area (Å²) in [5, 5.41) is 5.96. The molecule has 3 rings (SSSR count). The second-order valence-electron chi connectivity index (χ2n) is 5.96. The first kappa shape index (κ1) is 15.0. The molecule has 2 N–H and O–H groups in total. The Labute approximate surface area is 131 Å². The molecule has 2 aliphatic rings. The number of amides is 2. The highest BCUT2D eigenvalue weighted by Crippen LogP contribution is 2.30. The lowest BCUT2D eigenvalue weighted by Gasteiger charge is -2.13. The van der Waals surface area contributed by atoms with Gasteiger partial charge in [0.05, 0.1) is 13.2 Å². The molecule has 0 atom stereocenters. The fourth-order valence-electron chi connectivity index (χ4n) is 2.99. The van der Waals surface area contributed by atoms with E-state index in [9.17, 15) is 4.79 Å². The second-order valence-corrected chi connectivity index (χ2v) is 5.96. The zero-order valence-electron chi connectivity index (χ0n) is 12.9. The Morgan fingerprint density at radius 3 is 2.68 bits per heavy atom. The summed E-state index contributed by atoms with van der Waals surface area (Å²) in [6.07, 6.45) is 6.36. The lowest BCUT2D eigenvalue weighted by Crippen LogP contribution is -2.41. The number of carbonyl (C=O) groups excluding carboxylic acids is 1. The SMILES string of the molecule is O=C(NCCc1ccc2c(c1)OCCCO2)NC1CCCC1. The normalized spacial score (nSPS) is 17.8. The predicted octanol–water partition coefficient (Wildman–Crippen LogP) is 2.63. The predicted molar refractivity (Wildman–Crippen MR) is 84.5 cm³/mol. The lowest BCUT2D eigenvalue weighted by molar-refractivity contribution is 0.237. The summed E-state index contributed by atoms with van der Waals surface area (Å²) < 4.78 is 11.3. The van der Waals surface area contributed by atoms with Crippen LogP contribution in [0.3, 0.4) is 0 Å². The molecule has 5 nitrogen and oxygen atoms in total. The highest BCUT2D eigenvalue weighted by molar-refractivity contribution is 5.74. The Bertz CT molecular complexity index is 513. The first-order valence-electron chi connectivity index (χ1n) is 8.24. The summed E-state index contributed by atoms with van der Waals surface area (Å²) in [7, 11) is 0. The molecule has 1 aromatic carbocycles. The van der Waals surface area contributed by atoms with E-state index in [1.54, 1.807) is 0 Å². The van der Waals surface area contributed by atoms with Crippen molar-refractivity contribution in [2.75, 3.05) is 19.8 Å². The van der Waals surface area contributed by atoms with Gasteiger partial charge in [-0.3, -0.25) is 0 Å². The van der Waals surface area contributed by atoms with Crippen LogP contribution in [0.2, 0.25) is 0 Å². The maximum Gasteiger partial charge on any atom is 0.315 e. The van der Waals surface area contributed by atoms with Gasteiger partial charge in [-0.1, -0.05) is 18.9 Å². The molecule has 1 aliphatic heterocycles. The van der Waals surface area contributed by atoms with Crippen molar-refractivity contribution in [1.82, 2.24) is 10.6 Å². The first-order valence-corrected chi connectivity index (χ1v) is 8.24. The van der Waals surface area contributed by atoms with Crippen LogP contribution in [0.5, 0.6) is 11.5 Å². The molecule has 0 unspecified atom stereocenters. The number of urea groups is 1. The Kier molecular flexibility index (Phi) is 5.03. The molecule has 5 heteroatoms. The van der Waals surface area contributed by atoms with Crippen LogP contribution in [0.4, 0.5) is 4.79 Å². The average molecular weight is 304 g/mol. The number of rotatable bonds is 4. The van der Waals surface area contributed by atoms with E-state index in [4.69, 9.17) is 9.47 Å². The molecule has 0 saturated heterocycles. The minimum absolute atomic E-state index is 0.0544. The molecule has 2 amide bonds. The topological polar surface area (TPSA) is 59.6 Å². The quantitative estimate of drug-likeness (QED) is 0.899. The third-order valence-corrected chi connectivity index (χ3v) is 4.20. The molecule has 0 aromatic heterocycles. The van der Waals surface area contributed by atoms with Gasteiger partial charge in [0, 0.05) is 19.0 Å². The van der Waals surface area contributed by atoms with E-state index in [1.807, 2.05) is 18.2 Å². The van der Waals surface area contributed by atoms with Crippen molar-refractivity contribution < 1.29 is 14.3 Å². The molecule has 1 aromatic rings. The van der Waals surface area contributed by atoms with Crippen LogP contribution in [0.25, 0.3) is 0 Å². The molecule has 0 bridgehead atoms. The Hall–Kier alpha value is -1.91. The summed E-state index contributed by atoms with van der Waals surface area (Å²) in [6.45, 7) is 2.02. The van der Waals surface area contributed by atoms with Crippen molar-refractivity contribution in [3.63, 3.8) is 0 Å². The van der Waals surface area contributed by atoms with Crippen molar-refractivity contribution in [2.24, 2.45) is 0 Å². The first-order chi connectivity index (χ1) is 10.8. The molecule has 1 fully saturated rings. The van der Waals surface area contributed by atoms with Gasteiger partial charge >= 0.3 is 6.03 Å². The van der Waals surface area contributed by atoms with Gasteiger partial charge in [0.15, 0.2) is 11.5 Å². The number of carbonyl (C=O) groups is 1. The molecule has 1 saturated carbocycles. The Morgan fingerprint density at radius 2 is 1.86 bits per heavy atom. The zero-order chi connectivity index (χ0) is 15.2. The average Bonchev–Trinajstić information content (AvgIpc) is 2.90. The number of hydrogen-bond acceptors (Lipinski definition) is 3. The monoisotopic (exact) mass is 304 g/mol. The lowest BCUT2D eigenvalue weighted by atomic mass is 10.1. The minimum Gasteiger partial charge on any atom is -0.490 e. The second kappa shape index (κ2) is 7.38. The van der Waals surface area contributed by atoms with Crippen LogP contribution in [0, 0.1) is 0 Å². The van der Waals surface area contributed by atoms with Crippen molar-refractivity contribution in [2.45, 2.75) is 44.6 Å². The molecule has 120 valence electrons. The highest BCUT2D eigenvalue weighted by Gasteiger charge is 2.16. The number of ether oxygens (including phenoxy) is 2. The molecular formula is C17H24N2O3. The molecule has 1 heterocycles. The standard InChI is InChI=1S/C17H24N2O3/c20-17(19-14-4-1-2-5-14)18-9-8-13-6-7-15-16(12-13)22-11-3-10-21-15/h6-7,12,14H,1-5,8-11H2,(H2,18,19,20). The van der Waals surface area contributed by atoms with E-state index in [1.165, 1.54) is 12.8 Å². The van der Waals surface area contributed by atoms with Gasteiger partial charge in [0.2, 0.25) is 0 Å². The van der Waals surface area contributed by atoms with Gasteiger partial charge in [-0.25, -0.2) is 4.79 Å². The van der Waals surface area contributed by atoms with Gasteiger partial charge < -0.3 is 20.1 Å². The molecular weight excluding hydrogens is 280 g/mol. The van der Waals surface area contributed by atoms with Gasteiger partial charge in [-0.05, 0) is 37.0 Å². The summed E-state index contributed by atoms with van der Waals surface area (Å²) in [6, 6.07) is 6.30. The van der Waals surface area contributed by atoms with Crippen molar-refractivity contribution in [1.29, 1.82) is 0 Å². The number of hydrogen-bond donors (Lipinski definition) is 2. The zero-order valence-corrected chi connectivity index (χ0v) is 12.9. The number of nitrogens with one attached hydrogen (secondary N) is 2. The van der Waals surface area contributed by atoms with Gasteiger partial charge in [-0.2, -0.15) is 0 Å². The van der Waals surface area contributed by atoms with Crippen LogP contribution < -0.4 is 20.1 Å². The number of fused-ring (bicyclic) bond motifs is 1. The molecule has 22 heavy (non-hydrogen) atoms. The van der Waals surface area contributed by atoms with E-state index < -0.39 is 0 Å². The fourth-order valence-corrected chi connectivity index (χ4v) is 2.99. The highest BCUT2D eigenvalue weighted by atomic mass is 16.5. The molecule has 1 aliphatic carbocycles. The van der Waals surface area contributed by atoms with Crippen LogP contribution in [-0.4, -0.2) is 31.8 Å². The maximum atomic E-state index is 11.8. The Balaban J connectivity index is 1.45. The third kappa shape index (κ3) is 4.06. The van der Waals surface area contributed by atoms with Crippen molar-refractivity contribution in [3.05, 3.63) is 23.8 Å². The van der Waals surface area contributed by atoms with Crippen molar-refractivity contribution in [3.8, 4) is 11.5 Å². The maximum absolute atomic E-state index is 11.8. The summed E-state index contributed by atoms with van der Waals surface area (Å²) in [5.41, 5.74) is 1.14. The van der Waals surface area contributed by atoms with Crippen LogP contribution in [0.1, 0.15) is 37.7 Å². The van der Waals surface area contributed by atoms with Gasteiger partial charge in [0.25, 0.3) is 0 Å². The van der Waals surface area contributed by atoms with E-state index >= 15 is 0 Å². The summed E-state index contributed by atoms with van der Waals surface area (Å²) in [4.78, 5) is 11.8. The fraction of sp³-hybridized carbons (Fsp3) is 0.588. The minimum atomic E-state index is -0.0544. The van der Waals surface area contributed by atoms with Gasteiger partial charge in [0.1, 0.15) is 0 Å². The van der Waals surface area contributed by atoms with E-state index in [0.717, 1.165) is 42.7 Å². The van der Waals surface area contributed by atoms with E-state index in [0.29, 0.717) is 25.8 Å². The molecule has 0 spiro atoms. The number of benzene rings is 1. The smallest absolute Gasteiger partial charge is 0.315 e. The molecule has 0 radical (unpaired) electrons. The van der Waals surface area contributed by atoms with Crippen LogP contribution >= 0.6 is 0 Å².